The van der Waals surface area contributed by atoms with Crippen molar-refractivity contribution in [1.82, 2.24) is 24.5 Å². The van der Waals surface area contributed by atoms with Gasteiger partial charge in [0.25, 0.3) is 0 Å². The van der Waals surface area contributed by atoms with Gasteiger partial charge in [-0.25, -0.2) is 4.99 Å². The van der Waals surface area contributed by atoms with Crippen LogP contribution in [0.1, 0.15) is 11.1 Å². The van der Waals surface area contributed by atoms with Gasteiger partial charge in [0.2, 0.25) is 0 Å². The molecular weight excluding hydrogens is 348 g/mol. The van der Waals surface area contributed by atoms with Crippen molar-refractivity contribution in [2.75, 3.05) is 39.8 Å². The number of aryl methyl sites for hydroxylation is 2. The molecule has 0 spiro atoms. The third-order valence-electron chi connectivity index (χ3n) is 5.78. The molecule has 5 rings (SSSR count). The van der Waals surface area contributed by atoms with Crippen LogP contribution in [-0.2, 0) is 7.05 Å². The van der Waals surface area contributed by atoms with Crippen LogP contribution >= 0.6 is 0 Å². The van der Waals surface area contributed by atoms with Gasteiger partial charge in [0, 0.05) is 63.1 Å². The number of aliphatic imine (C=N–C) groups is 1. The molecule has 0 amide bonds. The lowest BCUT2D eigenvalue weighted by Crippen LogP contribution is -2.44. The van der Waals surface area contributed by atoms with Crippen LogP contribution < -0.4 is 0 Å². The molecule has 3 aliphatic rings. The number of fused-ring (bicyclic) bond motifs is 2. The fourth-order valence-electron chi connectivity index (χ4n) is 4.14. The molecule has 1 aromatic heterocycles. The van der Waals surface area contributed by atoms with Crippen molar-refractivity contribution in [3.63, 3.8) is 0 Å². The highest BCUT2D eigenvalue weighted by Gasteiger charge is 2.21. The van der Waals surface area contributed by atoms with E-state index in [9.17, 15) is 0 Å². The highest BCUT2D eigenvalue weighted by molar-refractivity contribution is 6.00. The van der Waals surface area contributed by atoms with Crippen molar-refractivity contribution in [2.45, 2.75) is 6.92 Å². The zero-order valence-corrected chi connectivity index (χ0v) is 16.8. The molecule has 1 aromatic carbocycles. The number of likely N-dealkylation sites (N-methyl/N-ethyl adjacent to an activating group) is 1. The third kappa shape index (κ3) is 3.03. The minimum Gasteiger partial charge on any atom is -0.368 e. The summed E-state index contributed by atoms with van der Waals surface area (Å²) in [5.41, 5.74) is 5.74. The van der Waals surface area contributed by atoms with E-state index in [4.69, 9.17) is 4.99 Å². The first-order chi connectivity index (χ1) is 13.6. The summed E-state index contributed by atoms with van der Waals surface area (Å²) >= 11 is 0. The van der Waals surface area contributed by atoms with Crippen molar-refractivity contribution in [2.24, 2.45) is 12.0 Å². The lowest BCUT2D eigenvalue weighted by molar-refractivity contribution is 0.188. The molecule has 0 atom stereocenters. The summed E-state index contributed by atoms with van der Waals surface area (Å²) in [7, 11) is 4.16. The molecule has 6 heteroatoms. The topological polar surface area (TPSA) is 39.9 Å². The van der Waals surface area contributed by atoms with Crippen LogP contribution in [0, 0.1) is 6.92 Å². The fourth-order valence-corrected chi connectivity index (χ4v) is 4.14. The van der Waals surface area contributed by atoms with E-state index in [0.29, 0.717) is 0 Å². The predicted octanol–water partition coefficient (Wildman–Crippen LogP) is 2.60. The summed E-state index contributed by atoms with van der Waals surface area (Å²) in [6.07, 6.45) is 10.9. The van der Waals surface area contributed by atoms with E-state index in [-0.39, 0.29) is 0 Å². The first-order valence-corrected chi connectivity index (χ1v) is 9.90. The van der Waals surface area contributed by atoms with Gasteiger partial charge in [0.15, 0.2) is 0 Å². The molecule has 0 N–H and O–H groups in total. The zero-order valence-electron chi connectivity index (χ0n) is 16.8. The van der Waals surface area contributed by atoms with Gasteiger partial charge in [0.05, 0.1) is 16.9 Å². The lowest BCUT2D eigenvalue weighted by Gasteiger charge is -2.37. The van der Waals surface area contributed by atoms with E-state index in [1.165, 1.54) is 11.3 Å². The molecule has 144 valence electrons. The van der Waals surface area contributed by atoms with Crippen LogP contribution in [-0.4, -0.2) is 70.1 Å². The van der Waals surface area contributed by atoms with Gasteiger partial charge < -0.3 is 14.7 Å². The van der Waals surface area contributed by atoms with Crippen molar-refractivity contribution in [1.29, 1.82) is 0 Å². The van der Waals surface area contributed by atoms with Crippen molar-refractivity contribution >= 4 is 22.4 Å². The number of aromatic nitrogens is 2. The molecule has 1 fully saturated rings. The second kappa shape index (κ2) is 6.63. The SMILES string of the molecule is Cc1cc(C2=CCN3C=C(N4CCN(C)CC4)C=CC3=N2)cc2cn(C)nc12. The second-order valence-corrected chi connectivity index (χ2v) is 7.92. The van der Waals surface area contributed by atoms with Gasteiger partial charge >= 0.3 is 0 Å². The minimum absolute atomic E-state index is 0.847. The number of hydrogen-bond acceptors (Lipinski definition) is 5. The van der Waals surface area contributed by atoms with Gasteiger partial charge in [-0.05, 0) is 49.9 Å². The minimum atomic E-state index is 0.847. The number of rotatable bonds is 2. The Labute approximate surface area is 165 Å². The second-order valence-electron chi connectivity index (χ2n) is 7.92. The average Bonchev–Trinajstić information content (AvgIpc) is 3.08. The standard InChI is InChI=1S/C22H26N6/c1-16-12-17(13-18-14-26(3)24-22(16)18)20-6-7-28-15-19(4-5-21(28)23-20)27-10-8-25(2)9-11-27/h4-6,12-15H,7-11H2,1-3H3. The summed E-state index contributed by atoms with van der Waals surface area (Å²) in [5, 5.41) is 5.71. The third-order valence-corrected chi connectivity index (χ3v) is 5.78. The quantitative estimate of drug-likeness (QED) is 0.810. The maximum atomic E-state index is 4.94. The Kier molecular flexibility index (Phi) is 4.09. The number of hydrogen-bond donors (Lipinski definition) is 0. The van der Waals surface area contributed by atoms with Crippen LogP contribution in [0.15, 0.2) is 53.4 Å². The Balaban J connectivity index is 1.39. The summed E-state index contributed by atoms with van der Waals surface area (Å²) < 4.78 is 1.87. The molecule has 0 radical (unpaired) electrons. The smallest absolute Gasteiger partial charge is 0.133 e. The van der Waals surface area contributed by atoms with Crippen LogP contribution in [0.4, 0.5) is 0 Å². The number of amidine groups is 1. The van der Waals surface area contributed by atoms with E-state index in [0.717, 1.165) is 60.7 Å². The highest BCUT2D eigenvalue weighted by atomic mass is 15.3. The maximum absolute atomic E-state index is 4.94. The highest BCUT2D eigenvalue weighted by Crippen LogP contribution is 2.28. The predicted molar refractivity (Wildman–Crippen MR) is 114 cm³/mol. The van der Waals surface area contributed by atoms with Crippen LogP contribution in [0.2, 0.25) is 0 Å². The Hall–Kier alpha value is -2.86. The molecule has 28 heavy (non-hydrogen) atoms. The van der Waals surface area contributed by atoms with Crippen molar-refractivity contribution < 1.29 is 0 Å². The first-order valence-electron chi connectivity index (χ1n) is 9.90. The van der Waals surface area contributed by atoms with Gasteiger partial charge in [-0.2, -0.15) is 5.10 Å². The van der Waals surface area contributed by atoms with Crippen molar-refractivity contribution in [3.05, 3.63) is 59.6 Å². The van der Waals surface area contributed by atoms with E-state index in [1.54, 1.807) is 0 Å². The maximum Gasteiger partial charge on any atom is 0.133 e. The van der Waals surface area contributed by atoms with Gasteiger partial charge in [-0.3, -0.25) is 4.68 Å². The largest absolute Gasteiger partial charge is 0.368 e. The normalized spacial score (nSPS) is 20.2. The first kappa shape index (κ1) is 17.3. The summed E-state index contributed by atoms with van der Waals surface area (Å²) in [6, 6.07) is 4.39. The summed E-state index contributed by atoms with van der Waals surface area (Å²) in [4.78, 5) is 12.0. The Morgan fingerprint density at radius 3 is 2.64 bits per heavy atom. The molecule has 4 heterocycles. The van der Waals surface area contributed by atoms with Crippen LogP contribution in [0.5, 0.6) is 0 Å². The summed E-state index contributed by atoms with van der Waals surface area (Å²) in [5.74, 6) is 1.01. The van der Waals surface area contributed by atoms with E-state index < -0.39 is 0 Å². The van der Waals surface area contributed by atoms with Crippen molar-refractivity contribution in [3.8, 4) is 0 Å². The van der Waals surface area contributed by atoms with Gasteiger partial charge in [0.1, 0.15) is 5.84 Å². The zero-order chi connectivity index (χ0) is 19.3. The fraction of sp³-hybridized carbons (Fsp3) is 0.364. The number of nitrogens with zero attached hydrogens (tertiary/aromatic N) is 6. The molecule has 6 nitrogen and oxygen atoms in total. The van der Waals surface area contributed by atoms with E-state index in [2.05, 4.69) is 76.5 Å². The lowest BCUT2D eigenvalue weighted by atomic mass is 10.0. The van der Waals surface area contributed by atoms with Crippen LogP contribution in [0.3, 0.4) is 0 Å². The molecule has 3 aliphatic heterocycles. The Bertz CT molecular complexity index is 1050. The molecule has 0 bridgehead atoms. The molecular formula is C22H26N6. The van der Waals surface area contributed by atoms with E-state index >= 15 is 0 Å². The summed E-state index contributed by atoms with van der Waals surface area (Å²) in [6.45, 7) is 7.36. The van der Waals surface area contributed by atoms with Gasteiger partial charge in [-0.1, -0.05) is 0 Å². The molecule has 1 saturated heterocycles. The molecule has 0 aliphatic carbocycles. The Morgan fingerprint density at radius 1 is 1.00 bits per heavy atom. The average molecular weight is 374 g/mol. The van der Waals surface area contributed by atoms with Gasteiger partial charge in [-0.15, -0.1) is 0 Å². The number of benzene rings is 1. The Morgan fingerprint density at radius 2 is 1.82 bits per heavy atom. The number of piperazine rings is 1. The molecule has 0 saturated carbocycles. The van der Waals surface area contributed by atoms with E-state index in [1.807, 2.05) is 11.7 Å². The monoisotopic (exact) mass is 374 g/mol. The molecule has 0 unspecified atom stereocenters. The van der Waals surface area contributed by atoms with Crippen LogP contribution in [0.25, 0.3) is 16.6 Å². The number of allylic oxidation sites excluding steroid dienone is 1. The molecule has 2 aromatic rings.